The van der Waals surface area contributed by atoms with Gasteiger partial charge in [0.1, 0.15) is 0 Å². The minimum absolute atomic E-state index is 0.630. The Kier molecular flexibility index (Phi) is 3.87. The van der Waals surface area contributed by atoms with Crippen molar-refractivity contribution in [2.75, 3.05) is 25.5 Å². The summed E-state index contributed by atoms with van der Waals surface area (Å²) >= 11 is 3.57. The summed E-state index contributed by atoms with van der Waals surface area (Å²) in [6.07, 6.45) is 2.48. The van der Waals surface area contributed by atoms with Crippen LogP contribution in [0.2, 0.25) is 0 Å². The summed E-state index contributed by atoms with van der Waals surface area (Å²) in [5.41, 5.74) is 2.51. The Morgan fingerprint density at radius 1 is 1.31 bits per heavy atom. The number of nitrogens with zero attached hydrogens (tertiary/aromatic N) is 1. The van der Waals surface area contributed by atoms with E-state index in [-0.39, 0.29) is 0 Å². The van der Waals surface area contributed by atoms with E-state index in [4.69, 9.17) is 0 Å². The minimum atomic E-state index is 0.630. The molecule has 1 heterocycles. The van der Waals surface area contributed by atoms with Crippen LogP contribution in [0.25, 0.3) is 0 Å². The maximum atomic E-state index is 3.61. The number of halogens is 1. The minimum Gasteiger partial charge on any atom is -0.382 e. The third-order valence-corrected chi connectivity index (χ3v) is 4.12. The average molecular weight is 283 g/mol. The van der Waals surface area contributed by atoms with Gasteiger partial charge in [-0.05, 0) is 57.6 Å². The van der Waals surface area contributed by atoms with Crippen LogP contribution in [0.15, 0.2) is 22.7 Å². The van der Waals surface area contributed by atoms with Gasteiger partial charge < -0.3 is 10.2 Å². The van der Waals surface area contributed by atoms with Crippen LogP contribution in [0.4, 0.5) is 5.69 Å². The van der Waals surface area contributed by atoms with Crippen LogP contribution in [0.1, 0.15) is 18.4 Å². The predicted molar refractivity (Wildman–Crippen MR) is 73.0 cm³/mol. The molecule has 1 aromatic carbocycles. The fourth-order valence-corrected chi connectivity index (χ4v) is 2.45. The molecule has 1 aliphatic rings. The maximum absolute atomic E-state index is 3.61. The predicted octanol–water partition coefficient (Wildman–Crippen LogP) is 3.26. The van der Waals surface area contributed by atoms with Crippen molar-refractivity contribution in [3.05, 3.63) is 28.2 Å². The Labute approximate surface area is 106 Å². The molecule has 0 radical (unpaired) electrons. The highest BCUT2D eigenvalue weighted by molar-refractivity contribution is 9.10. The quantitative estimate of drug-likeness (QED) is 0.896. The van der Waals surface area contributed by atoms with Crippen molar-refractivity contribution in [1.82, 2.24) is 4.90 Å². The molecule has 0 saturated carbocycles. The van der Waals surface area contributed by atoms with Crippen molar-refractivity contribution in [2.24, 2.45) is 0 Å². The van der Waals surface area contributed by atoms with E-state index in [0.717, 1.165) is 0 Å². The van der Waals surface area contributed by atoms with Gasteiger partial charge in [-0.2, -0.15) is 0 Å². The summed E-state index contributed by atoms with van der Waals surface area (Å²) in [6, 6.07) is 7.12. The molecule has 2 nitrogen and oxygen atoms in total. The third kappa shape index (κ3) is 2.98. The fraction of sp³-hybridized carbons (Fsp3) is 0.538. The Hall–Kier alpha value is -0.540. The summed E-state index contributed by atoms with van der Waals surface area (Å²) in [6.45, 7) is 4.51. The molecule has 1 N–H and O–H groups in total. The first kappa shape index (κ1) is 11.9. The van der Waals surface area contributed by atoms with Crippen molar-refractivity contribution < 1.29 is 0 Å². The molecule has 1 aliphatic heterocycles. The van der Waals surface area contributed by atoms with Crippen LogP contribution in [0.3, 0.4) is 0 Å². The van der Waals surface area contributed by atoms with E-state index in [1.807, 2.05) is 0 Å². The van der Waals surface area contributed by atoms with Crippen LogP contribution >= 0.6 is 15.9 Å². The molecule has 0 unspecified atom stereocenters. The lowest BCUT2D eigenvalue weighted by atomic mass is 10.1. The molecule has 1 saturated heterocycles. The van der Waals surface area contributed by atoms with Gasteiger partial charge in [-0.15, -0.1) is 0 Å². The highest BCUT2D eigenvalue weighted by Crippen LogP contribution is 2.22. The van der Waals surface area contributed by atoms with Gasteiger partial charge in [0.2, 0.25) is 0 Å². The van der Waals surface area contributed by atoms with Gasteiger partial charge in [-0.3, -0.25) is 0 Å². The standard InChI is InChI=1S/C13H19BrN2/c1-10-3-4-12(9-13(10)14)15-11-5-7-16(2)8-6-11/h3-4,9,11,15H,5-8H2,1-2H3. The summed E-state index contributed by atoms with van der Waals surface area (Å²) in [5.74, 6) is 0. The Morgan fingerprint density at radius 2 is 2.00 bits per heavy atom. The van der Waals surface area contributed by atoms with Gasteiger partial charge in [-0.25, -0.2) is 0 Å². The summed E-state index contributed by atoms with van der Waals surface area (Å²) in [4.78, 5) is 2.39. The van der Waals surface area contributed by atoms with E-state index >= 15 is 0 Å². The van der Waals surface area contributed by atoms with E-state index in [1.165, 1.54) is 41.7 Å². The highest BCUT2D eigenvalue weighted by Gasteiger charge is 2.16. The smallest absolute Gasteiger partial charge is 0.0353 e. The number of hydrogen-bond donors (Lipinski definition) is 1. The van der Waals surface area contributed by atoms with Crippen LogP contribution in [-0.4, -0.2) is 31.1 Å². The molecule has 0 aromatic heterocycles. The van der Waals surface area contributed by atoms with Crippen molar-refractivity contribution in [2.45, 2.75) is 25.8 Å². The summed E-state index contributed by atoms with van der Waals surface area (Å²) in [7, 11) is 2.19. The zero-order valence-electron chi connectivity index (χ0n) is 9.96. The topological polar surface area (TPSA) is 15.3 Å². The second-order valence-electron chi connectivity index (χ2n) is 4.69. The third-order valence-electron chi connectivity index (χ3n) is 3.26. The molecule has 0 bridgehead atoms. The number of likely N-dealkylation sites (tertiary alicyclic amines) is 1. The van der Waals surface area contributed by atoms with Crippen molar-refractivity contribution in [3.8, 4) is 0 Å². The van der Waals surface area contributed by atoms with Gasteiger partial charge >= 0.3 is 0 Å². The molecule has 1 aromatic rings. The number of nitrogens with one attached hydrogen (secondary N) is 1. The van der Waals surface area contributed by atoms with E-state index in [2.05, 4.69) is 58.3 Å². The maximum Gasteiger partial charge on any atom is 0.0353 e. The van der Waals surface area contributed by atoms with Crippen LogP contribution < -0.4 is 5.32 Å². The lowest BCUT2D eigenvalue weighted by Gasteiger charge is -2.30. The molecule has 0 atom stereocenters. The molecular weight excluding hydrogens is 264 g/mol. The zero-order valence-corrected chi connectivity index (χ0v) is 11.5. The molecule has 16 heavy (non-hydrogen) atoms. The van der Waals surface area contributed by atoms with Gasteiger partial charge in [0, 0.05) is 16.2 Å². The molecule has 1 fully saturated rings. The van der Waals surface area contributed by atoms with Crippen molar-refractivity contribution in [3.63, 3.8) is 0 Å². The molecule has 0 amide bonds. The van der Waals surface area contributed by atoms with Gasteiger partial charge in [0.15, 0.2) is 0 Å². The Balaban J connectivity index is 1.96. The summed E-state index contributed by atoms with van der Waals surface area (Å²) < 4.78 is 1.19. The van der Waals surface area contributed by atoms with Gasteiger partial charge in [0.05, 0.1) is 0 Å². The number of rotatable bonds is 2. The zero-order chi connectivity index (χ0) is 11.5. The largest absolute Gasteiger partial charge is 0.382 e. The normalized spacial score (nSPS) is 18.7. The molecular formula is C13H19BrN2. The SMILES string of the molecule is Cc1ccc(NC2CCN(C)CC2)cc1Br. The van der Waals surface area contributed by atoms with Crippen LogP contribution in [0, 0.1) is 6.92 Å². The van der Waals surface area contributed by atoms with Gasteiger partial charge in [0.25, 0.3) is 0 Å². The number of anilines is 1. The lowest BCUT2D eigenvalue weighted by Crippen LogP contribution is -2.36. The highest BCUT2D eigenvalue weighted by atomic mass is 79.9. The second kappa shape index (κ2) is 5.19. The number of piperidine rings is 1. The lowest BCUT2D eigenvalue weighted by molar-refractivity contribution is 0.264. The van der Waals surface area contributed by atoms with E-state index in [9.17, 15) is 0 Å². The monoisotopic (exact) mass is 282 g/mol. The van der Waals surface area contributed by atoms with Crippen molar-refractivity contribution >= 4 is 21.6 Å². The van der Waals surface area contributed by atoms with E-state index < -0.39 is 0 Å². The Morgan fingerprint density at radius 3 is 2.62 bits per heavy atom. The first-order valence-corrected chi connectivity index (χ1v) is 6.65. The number of aryl methyl sites for hydroxylation is 1. The van der Waals surface area contributed by atoms with Gasteiger partial charge in [-0.1, -0.05) is 22.0 Å². The number of hydrogen-bond acceptors (Lipinski definition) is 2. The molecule has 0 aliphatic carbocycles. The Bertz CT molecular complexity index is 357. The molecule has 3 heteroatoms. The van der Waals surface area contributed by atoms with E-state index in [0.29, 0.717) is 6.04 Å². The van der Waals surface area contributed by atoms with E-state index in [1.54, 1.807) is 0 Å². The second-order valence-corrected chi connectivity index (χ2v) is 5.54. The van der Waals surface area contributed by atoms with Crippen molar-refractivity contribution in [1.29, 1.82) is 0 Å². The fourth-order valence-electron chi connectivity index (χ4n) is 2.07. The van der Waals surface area contributed by atoms with Crippen LogP contribution in [-0.2, 0) is 0 Å². The van der Waals surface area contributed by atoms with Crippen LogP contribution in [0.5, 0.6) is 0 Å². The molecule has 88 valence electrons. The molecule has 2 rings (SSSR count). The summed E-state index contributed by atoms with van der Waals surface area (Å²) in [5, 5.41) is 3.61. The molecule has 0 spiro atoms. The first-order chi connectivity index (χ1) is 7.65. The first-order valence-electron chi connectivity index (χ1n) is 5.86. The number of benzene rings is 1. The average Bonchev–Trinajstić information content (AvgIpc) is 2.27.